The van der Waals surface area contributed by atoms with Crippen molar-refractivity contribution in [2.75, 3.05) is 19.7 Å². The second-order valence-electron chi connectivity index (χ2n) is 7.07. The Morgan fingerprint density at radius 1 is 1.32 bits per heavy atom. The summed E-state index contributed by atoms with van der Waals surface area (Å²) in [5.41, 5.74) is -0.613. The van der Waals surface area contributed by atoms with E-state index < -0.39 is 5.60 Å². The molecule has 2 rings (SSSR count). The topological polar surface area (TPSA) is 56.6 Å². The van der Waals surface area contributed by atoms with Crippen LogP contribution in [-0.2, 0) is 16.0 Å². The Morgan fingerprint density at radius 2 is 2.00 bits per heavy atom. The van der Waals surface area contributed by atoms with Crippen LogP contribution in [0.15, 0.2) is 18.7 Å². The molecule has 0 aromatic carbocycles. The van der Waals surface area contributed by atoms with Gasteiger partial charge in [0.15, 0.2) is 0 Å². The highest BCUT2D eigenvalue weighted by molar-refractivity contribution is 5.68. The number of ether oxygens (including phenoxy) is 2. The molecule has 0 N–H and O–H groups in total. The molecule has 6 heteroatoms. The molecular weight excluding hydrogens is 282 g/mol. The average Bonchev–Trinajstić information content (AvgIpc) is 2.90. The summed E-state index contributed by atoms with van der Waals surface area (Å²) in [5, 5.41) is 0. The minimum atomic E-state index is -0.445. The summed E-state index contributed by atoms with van der Waals surface area (Å²) >= 11 is 0. The number of nitrogens with zero attached hydrogens (tertiary/aromatic N) is 3. The Morgan fingerprint density at radius 3 is 2.55 bits per heavy atom. The molecule has 1 aliphatic rings. The predicted octanol–water partition coefficient (Wildman–Crippen LogP) is 2.69. The Hall–Kier alpha value is -1.56. The molecule has 0 atom stereocenters. The molecule has 0 bridgehead atoms. The van der Waals surface area contributed by atoms with Crippen molar-refractivity contribution in [3.05, 3.63) is 18.7 Å². The van der Waals surface area contributed by atoms with Crippen LogP contribution in [0.2, 0.25) is 0 Å². The Balaban J connectivity index is 1.74. The van der Waals surface area contributed by atoms with Crippen LogP contribution in [-0.4, -0.2) is 51.4 Å². The number of hydrogen-bond donors (Lipinski definition) is 0. The molecule has 1 aromatic rings. The van der Waals surface area contributed by atoms with Gasteiger partial charge in [-0.05, 0) is 40.5 Å². The number of rotatable bonds is 4. The number of hydrogen-bond acceptors (Lipinski definition) is 4. The third-order valence-electron chi connectivity index (χ3n) is 3.83. The Bertz CT molecular complexity index is 471. The third kappa shape index (κ3) is 5.02. The quantitative estimate of drug-likeness (QED) is 0.858. The predicted molar refractivity (Wildman–Crippen MR) is 83.6 cm³/mol. The van der Waals surface area contributed by atoms with Gasteiger partial charge in [0, 0.05) is 32.0 Å². The SMILES string of the molecule is CC(C)(C)OC(=O)N1CCC(C)(OCCn2ccnc2)CC1. The molecule has 0 radical (unpaired) electrons. The summed E-state index contributed by atoms with van der Waals surface area (Å²) in [6.45, 7) is 10.6. The molecule has 22 heavy (non-hydrogen) atoms. The molecule has 124 valence electrons. The molecular formula is C16H27N3O3. The van der Waals surface area contributed by atoms with Gasteiger partial charge < -0.3 is 18.9 Å². The molecule has 0 saturated carbocycles. The van der Waals surface area contributed by atoms with Crippen molar-refractivity contribution in [1.82, 2.24) is 14.5 Å². The number of carbonyl (C=O) groups excluding carboxylic acids is 1. The van der Waals surface area contributed by atoms with Gasteiger partial charge in [-0.2, -0.15) is 0 Å². The normalized spacial score (nSPS) is 18.3. The van der Waals surface area contributed by atoms with E-state index in [4.69, 9.17) is 9.47 Å². The van der Waals surface area contributed by atoms with Gasteiger partial charge >= 0.3 is 6.09 Å². The number of imidazole rings is 1. The number of amides is 1. The van der Waals surface area contributed by atoms with E-state index in [1.165, 1.54) is 0 Å². The number of piperidine rings is 1. The lowest BCUT2D eigenvalue weighted by atomic mass is 9.93. The first-order chi connectivity index (χ1) is 10.3. The van der Waals surface area contributed by atoms with Gasteiger partial charge in [-0.3, -0.25) is 0 Å². The zero-order valence-corrected chi connectivity index (χ0v) is 14.0. The molecule has 1 aliphatic heterocycles. The smallest absolute Gasteiger partial charge is 0.410 e. The summed E-state index contributed by atoms with van der Waals surface area (Å²) in [6.07, 6.45) is 6.91. The first kappa shape index (κ1) is 16.8. The van der Waals surface area contributed by atoms with Crippen molar-refractivity contribution in [2.45, 2.75) is 58.3 Å². The van der Waals surface area contributed by atoms with Crippen LogP contribution in [0.4, 0.5) is 4.79 Å². The summed E-state index contributed by atoms with van der Waals surface area (Å²) < 4.78 is 13.5. The van der Waals surface area contributed by atoms with Crippen LogP contribution in [0, 0.1) is 0 Å². The first-order valence-electron chi connectivity index (χ1n) is 7.85. The highest BCUT2D eigenvalue weighted by Gasteiger charge is 2.34. The second-order valence-corrected chi connectivity index (χ2v) is 7.07. The van der Waals surface area contributed by atoms with Gasteiger partial charge in [0.25, 0.3) is 0 Å². The molecule has 1 fully saturated rings. The van der Waals surface area contributed by atoms with E-state index in [0.29, 0.717) is 19.7 Å². The summed E-state index contributed by atoms with van der Waals surface area (Å²) in [5.74, 6) is 0. The van der Waals surface area contributed by atoms with Gasteiger partial charge in [0.2, 0.25) is 0 Å². The zero-order chi connectivity index (χ0) is 16.2. The van der Waals surface area contributed by atoms with Crippen molar-refractivity contribution in [3.8, 4) is 0 Å². The van der Waals surface area contributed by atoms with E-state index >= 15 is 0 Å². The second kappa shape index (κ2) is 6.69. The van der Waals surface area contributed by atoms with Crippen molar-refractivity contribution in [1.29, 1.82) is 0 Å². The fraction of sp³-hybridized carbons (Fsp3) is 0.750. The molecule has 1 saturated heterocycles. The third-order valence-corrected chi connectivity index (χ3v) is 3.83. The highest BCUT2D eigenvalue weighted by Crippen LogP contribution is 2.26. The minimum absolute atomic E-state index is 0.168. The van der Waals surface area contributed by atoms with Gasteiger partial charge in [-0.15, -0.1) is 0 Å². The van der Waals surface area contributed by atoms with Crippen LogP contribution >= 0.6 is 0 Å². The fourth-order valence-corrected chi connectivity index (χ4v) is 2.45. The van der Waals surface area contributed by atoms with E-state index in [1.54, 1.807) is 17.4 Å². The van der Waals surface area contributed by atoms with Gasteiger partial charge in [-0.1, -0.05) is 0 Å². The Kier molecular flexibility index (Phi) is 5.11. The molecule has 2 heterocycles. The van der Waals surface area contributed by atoms with Gasteiger partial charge in [0.05, 0.1) is 18.5 Å². The monoisotopic (exact) mass is 309 g/mol. The minimum Gasteiger partial charge on any atom is -0.444 e. The largest absolute Gasteiger partial charge is 0.444 e. The van der Waals surface area contributed by atoms with Crippen molar-refractivity contribution in [2.24, 2.45) is 0 Å². The van der Waals surface area contributed by atoms with E-state index in [9.17, 15) is 4.79 Å². The van der Waals surface area contributed by atoms with Crippen LogP contribution in [0.25, 0.3) is 0 Å². The first-order valence-corrected chi connectivity index (χ1v) is 7.85. The summed E-state index contributed by atoms with van der Waals surface area (Å²) in [6, 6.07) is 0. The van der Waals surface area contributed by atoms with Crippen LogP contribution in [0.5, 0.6) is 0 Å². The molecule has 0 aliphatic carbocycles. The van der Waals surface area contributed by atoms with Crippen LogP contribution < -0.4 is 0 Å². The van der Waals surface area contributed by atoms with Gasteiger partial charge in [-0.25, -0.2) is 9.78 Å². The number of carbonyl (C=O) groups is 1. The van der Waals surface area contributed by atoms with Crippen LogP contribution in [0.1, 0.15) is 40.5 Å². The van der Waals surface area contributed by atoms with E-state index in [2.05, 4.69) is 11.9 Å². The van der Waals surface area contributed by atoms with E-state index in [0.717, 1.165) is 19.4 Å². The molecule has 0 unspecified atom stereocenters. The Labute approximate surface area is 132 Å². The van der Waals surface area contributed by atoms with Crippen molar-refractivity contribution >= 4 is 6.09 Å². The standard InChI is InChI=1S/C16H27N3O3/c1-15(2,3)22-14(20)19-8-5-16(4,6-9-19)21-12-11-18-10-7-17-13-18/h7,10,13H,5-6,8-9,11-12H2,1-4H3. The number of likely N-dealkylation sites (tertiary alicyclic amines) is 1. The average molecular weight is 309 g/mol. The molecule has 6 nitrogen and oxygen atoms in total. The lowest BCUT2D eigenvalue weighted by Gasteiger charge is -2.39. The lowest BCUT2D eigenvalue weighted by Crippen LogP contribution is -2.48. The summed E-state index contributed by atoms with van der Waals surface area (Å²) in [7, 11) is 0. The highest BCUT2D eigenvalue weighted by atomic mass is 16.6. The lowest BCUT2D eigenvalue weighted by molar-refractivity contribution is -0.0746. The molecule has 0 spiro atoms. The van der Waals surface area contributed by atoms with Crippen molar-refractivity contribution < 1.29 is 14.3 Å². The van der Waals surface area contributed by atoms with Crippen molar-refractivity contribution in [3.63, 3.8) is 0 Å². The van der Waals surface area contributed by atoms with E-state index in [-0.39, 0.29) is 11.7 Å². The maximum atomic E-state index is 12.0. The van der Waals surface area contributed by atoms with E-state index in [1.807, 2.05) is 31.5 Å². The maximum Gasteiger partial charge on any atom is 0.410 e. The molecule has 1 aromatic heterocycles. The molecule has 1 amide bonds. The summed E-state index contributed by atoms with van der Waals surface area (Å²) in [4.78, 5) is 17.8. The fourth-order valence-electron chi connectivity index (χ4n) is 2.45. The number of aromatic nitrogens is 2. The zero-order valence-electron chi connectivity index (χ0n) is 14.0. The van der Waals surface area contributed by atoms with Gasteiger partial charge in [0.1, 0.15) is 5.60 Å². The maximum absolute atomic E-state index is 12.0. The van der Waals surface area contributed by atoms with Crippen LogP contribution in [0.3, 0.4) is 0 Å².